The lowest BCUT2D eigenvalue weighted by Crippen LogP contribution is -1.92. The first-order chi connectivity index (χ1) is 10.7. The highest BCUT2D eigenvalue weighted by atomic mass is 79.9. The van der Waals surface area contributed by atoms with Crippen LogP contribution in [0.1, 0.15) is 16.1 Å². The normalized spacial score (nSPS) is 11.0. The molecule has 0 atom stereocenters. The summed E-state index contributed by atoms with van der Waals surface area (Å²) in [6, 6.07) is 20.8. The molecule has 108 valence electrons. The van der Waals surface area contributed by atoms with E-state index in [1.54, 1.807) is 18.2 Å². The van der Waals surface area contributed by atoms with Crippen LogP contribution in [0.25, 0.3) is 17.4 Å². The minimum atomic E-state index is -0.0407. The predicted octanol–water partition coefficient (Wildman–Crippen LogP) is 5.61. The van der Waals surface area contributed by atoms with Gasteiger partial charge in [0.05, 0.1) is 0 Å². The molecule has 0 N–H and O–H groups in total. The molecule has 0 radical (unpaired) electrons. The smallest absolute Gasteiger partial charge is 0.185 e. The third-order valence-corrected chi connectivity index (χ3v) is 3.69. The van der Waals surface area contributed by atoms with E-state index in [1.807, 2.05) is 54.6 Å². The number of benzene rings is 2. The van der Waals surface area contributed by atoms with Crippen molar-refractivity contribution in [3.05, 3.63) is 88.6 Å². The van der Waals surface area contributed by atoms with E-state index in [9.17, 15) is 4.79 Å². The SMILES string of the molecule is O=C(C=Cc1ccc(-c2cccc(Br)c2)o1)c1ccccc1. The molecule has 0 aliphatic rings. The van der Waals surface area contributed by atoms with E-state index in [2.05, 4.69) is 15.9 Å². The molecule has 0 saturated heterocycles. The highest BCUT2D eigenvalue weighted by Crippen LogP contribution is 2.25. The summed E-state index contributed by atoms with van der Waals surface area (Å²) in [6.07, 6.45) is 3.22. The Bertz CT molecular complexity index is 816. The predicted molar refractivity (Wildman–Crippen MR) is 91.7 cm³/mol. The number of hydrogen-bond donors (Lipinski definition) is 0. The Kier molecular flexibility index (Phi) is 4.35. The van der Waals surface area contributed by atoms with Gasteiger partial charge in [-0.2, -0.15) is 0 Å². The van der Waals surface area contributed by atoms with Crippen LogP contribution >= 0.6 is 15.9 Å². The lowest BCUT2D eigenvalue weighted by Gasteiger charge is -1.97. The lowest BCUT2D eigenvalue weighted by molar-refractivity contribution is 0.104. The van der Waals surface area contributed by atoms with Crippen molar-refractivity contribution in [2.75, 3.05) is 0 Å². The summed E-state index contributed by atoms with van der Waals surface area (Å²) in [5.74, 6) is 1.38. The van der Waals surface area contributed by atoms with Crippen molar-refractivity contribution in [1.29, 1.82) is 0 Å². The Hall–Kier alpha value is -2.39. The molecule has 0 aliphatic carbocycles. The van der Waals surface area contributed by atoms with Crippen LogP contribution in [0, 0.1) is 0 Å². The van der Waals surface area contributed by atoms with Crippen LogP contribution in [-0.2, 0) is 0 Å². The van der Waals surface area contributed by atoms with Crippen molar-refractivity contribution in [3.8, 4) is 11.3 Å². The minimum absolute atomic E-state index is 0.0407. The lowest BCUT2D eigenvalue weighted by atomic mass is 10.1. The Morgan fingerprint density at radius 1 is 0.955 bits per heavy atom. The standard InChI is InChI=1S/C19H13BrO2/c20-16-8-4-7-15(13-16)19-12-10-17(22-19)9-11-18(21)14-5-2-1-3-6-14/h1-13H. The quantitative estimate of drug-likeness (QED) is 0.451. The largest absolute Gasteiger partial charge is 0.457 e. The molecule has 0 aliphatic heterocycles. The average Bonchev–Trinajstić information content (AvgIpc) is 3.02. The van der Waals surface area contributed by atoms with Gasteiger partial charge in [0, 0.05) is 15.6 Å². The number of carbonyl (C=O) groups excluding carboxylic acids is 1. The maximum absolute atomic E-state index is 12.0. The van der Waals surface area contributed by atoms with Crippen molar-refractivity contribution in [3.63, 3.8) is 0 Å². The monoisotopic (exact) mass is 352 g/mol. The molecule has 0 bridgehead atoms. The molecule has 0 saturated carbocycles. The molecule has 1 aromatic heterocycles. The van der Waals surface area contributed by atoms with E-state index in [-0.39, 0.29) is 5.78 Å². The van der Waals surface area contributed by atoms with Gasteiger partial charge in [-0.05, 0) is 36.4 Å². The maximum Gasteiger partial charge on any atom is 0.185 e. The van der Waals surface area contributed by atoms with E-state index in [0.717, 1.165) is 15.8 Å². The van der Waals surface area contributed by atoms with Crippen LogP contribution in [0.15, 0.2) is 81.7 Å². The zero-order valence-electron chi connectivity index (χ0n) is 11.7. The number of carbonyl (C=O) groups is 1. The first-order valence-electron chi connectivity index (χ1n) is 6.85. The molecule has 3 heteroatoms. The van der Waals surface area contributed by atoms with Crippen molar-refractivity contribution in [1.82, 2.24) is 0 Å². The highest BCUT2D eigenvalue weighted by molar-refractivity contribution is 9.10. The topological polar surface area (TPSA) is 30.2 Å². The third-order valence-electron chi connectivity index (χ3n) is 3.19. The molecule has 2 aromatic carbocycles. The molecular weight excluding hydrogens is 340 g/mol. The van der Waals surface area contributed by atoms with Gasteiger partial charge in [-0.1, -0.05) is 58.4 Å². The van der Waals surface area contributed by atoms with Gasteiger partial charge in [0.2, 0.25) is 0 Å². The number of rotatable bonds is 4. The van der Waals surface area contributed by atoms with Crippen molar-refractivity contribution in [2.24, 2.45) is 0 Å². The molecule has 0 spiro atoms. The zero-order valence-corrected chi connectivity index (χ0v) is 13.3. The Labute approximate surface area is 137 Å². The molecule has 2 nitrogen and oxygen atoms in total. The van der Waals surface area contributed by atoms with Crippen LogP contribution in [0.3, 0.4) is 0 Å². The molecule has 22 heavy (non-hydrogen) atoms. The second-order valence-electron chi connectivity index (χ2n) is 4.78. The second-order valence-corrected chi connectivity index (χ2v) is 5.69. The fraction of sp³-hybridized carbons (Fsp3) is 0. The highest BCUT2D eigenvalue weighted by Gasteiger charge is 2.04. The summed E-state index contributed by atoms with van der Waals surface area (Å²) < 4.78 is 6.75. The minimum Gasteiger partial charge on any atom is -0.457 e. The summed E-state index contributed by atoms with van der Waals surface area (Å²) in [4.78, 5) is 12.0. The van der Waals surface area contributed by atoms with Crippen LogP contribution in [-0.4, -0.2) is 5.78 Å². The summed E-state index contributed by atoms with van der Waals surface area (Å²) in [5, 5.41) is 0. The Balaban J connectivity index is 1.77. The van der Waals surface area contributed by atoms with Crippen LogP contribution in [0.2, 0.25) is 0 Å². The van der Waals surface area contributed by atoms with Gasteiger partial charge < -0.3 is 4.42 Å². The summed E-state index contributed by atoms with van der Waals surface area (Å²) in [6.45, 7) is 0. The van der Waals surface area contributed by atoms with E-state index >= 15 is 0 Å². The number of hydrogen-bond acceptors (Lipinski definition) is 2. The van der Waals surface area contributed by atoms with Crippen LogP contribution < -0.4 is 0 Å². The van der Waals surface area contributed by atoms with E-state index < -0.39 is 0 Å². The molecular formula is C19H13BrO2. The Morgan fingerprint density at radius 2 is 1.77 bits per heavy atom. The Morgan fingerprint density at radius 3 is 2.55 bits per heavy atom. The fourth-order valence-electron chi connectivity index (χ4n) is 2.10. The van der Waals surface area contributed by atoms with Gasteiger partial charge >= 0.3 is 0 Å². The maximum atomic E-state index is 12.0. The first kappa shape index (κ1) is 14.5. The van der Waals surface area contributed by atoms with E-state index in [0.29, 0.717) is 11.3 Å². The second kappa shape index (κ2) is 6.58. The molecule has 0 unspecified atom stereocenters. The van der Waals surface area contributed by atoms with Crippen molar-refractivity contribution < 1.29 is 9.21 Å². The molecule has 3 rings (SSSR count). The van der Waals surface area contributed by atoms with Gasteiger partial charge in [-0.3, -0.25) is 4.79 Å². The van der Waals surface area contributed by atoms with Crippen molar-refractivity contribution >= 4 is 27.8 Å². The van der Waals surface area contributed by atoms with E-state index in [1.165, 1.54) is 6.08 Å². The molecule has 1 heterocycles. The summed E-state index contributed by atoms with van der Waals surface area (Å²) in [5.41, 5.74) is 1.65. The number of halogens is 1. The number of furan rings is 1. The molecule has 3 aromatic rings. The van der Waals surface area contributed by atoms with Crippen LogP contribution in [0.5, 0.6) is 0 Å². The van der Waals surface area contributed by atoms with Crippen molar-refractivity contribution in [2.45, 2.75) is 0 Å². The summed E-state index contributed by atoms with van der Waals surface area (Å²) >= 11 is 3.44. The number of allylic oxidation sites excluding steroid dienone is 1. The van der Waals surface area contributed by atoms with Gasteiger partial charge in [-0.15, -0.1) is 0 Å². The van der Waals surface area contributed by atoms with Gasteiger partial charge in [0.15, 0.2) is 5.78 Å². The third kappa shape index (κ3) is 3.43. The fourth-order valence-corrected chi connectivity index (χ4v) is 2.50. The first-order valence-corrected chi connectivity index (χ1v) is 7.65. The van der Waals surface area contributed by atoms with Crippen LogP contribution in [0.4, 0.5) is 0 Å². The van der Waals surface area contributed by atoms with E-state index in [4.69, 9.17) is 4.42 Å². The van der Waals surface area contributed by atoms with Gasteiger partial charge in [0.1, 0.15) is 11.5 Å². The zero-order chi connectivity index (χ0) is 15.4. The average molecular weight is 353 g/mol. The molecule has 0 amide bonds. The van der Waals surface area contributed by atoms with Gasteiger partial charge in [-0.25, -0.2) is 0 Å². The number of ketones is 1. The van der Waals surface area contributed by atoms with Gasteiger partial charge in [0.25, 0.3) is 0 Å². The summed E-state index contributed by atoms with van der Waals surface area (Å²) in [7, 11) is 0. The molecule has 0 fully saturated rings.